The maximum atomic E-state index is 10.7. The molecule has 0 aliphatic heterocycles. The summed E-state index contributed by atoms with van der Waals surface area (Å²) >= 11 is 0. The standard InChI is InChI=1S/2C7H6O4.2C3H6N6/c2*8-4-2-1-3-5(9)6(4)7(10)11;2*4-1-7-2(5)9-3(6)8-1/h2*1-3,8-9H,(H,10,11);2*(H6,4,5,6,7,8,9). The number of hydrogen-bond acceptors (Lipinski definition) is 16. The number of nitrogens with zero attached hydrogens (tertiary/aromatic N) is 4. The summed E-state index contributed by atoms with van der Waals surface area (Å²) in [6.07, 6.45) is 0. The van der Waals surface area contributed by atoms with Crippen LogP contribution in [0.5, 0.6) is 23.0 Å². The van der Waals surface area contributed by atoms with Crippen LogP contribution in [0.1, 0.15) is 20.7 Å². The molecule has 20 nitrogen and oxygen atoms in total. The Labute approximate surface area is 223 Å². The summed E-state index contributed by atoms with van der Waals surface area (Å²) in [5.41, 5.74) is 29.9. The lowest BCUT2D eigenvalue weighted by Crippen LogP contribution is -2.20. The number of nitrogen functional groups attached to an aromatic ring is 6. The zero-order valence-corrected chi connectivity index (χ0v) is 20.1. The van der Waals surface area contributed by atoms with Crippen LogP contribution in [-0.4, -0.2) is 52.3 Å². The number of H-pyrrole nitrogens is 2. The average Bonchev–Trinajstić information content (AvgIpc) is 2.78. The van der Waals surface area contributed by atoms with Crippen molar-refractivity contribution in [3.8, 4) is 23.0 Å². The number of nitrogens with two attached hydrogens (primary N) is 6. The van der Waals surface area contributed by atoms with Gasteiger partial charge in [-0.3, -0.25) is 0 Å². The molecule has 0 aliphatic carbocycles. The molecule has 18 N–H and O–H groups in total. The van der Waals surface area contributed by atoms with Crippen molar-refractivity contribution < 1.29 is 50.2 Å². The molecule has 0 spiro atoms. The van der Waals surface area contributed by atoms with Gasteiger partial charge in [0.15, 0.2) is 0 Å². The van der Waals surface area contributed by atoms with Crippen molar-refractivity contribution in [3.63, 3.8) is 0 Å². The summed E-state index contributed by atoms with van der Waals surface area (Å²) in [7, 11) is 0. The molecular weight excluding hydrogens is 536 g/mol. The van der Waals surface area contributed by atoms with E-state index in [-0.39, 0.29) is 35.7 Å². The van der Waals surface area contributed by atoms with Crippen LogP contribution in [0, 0.1) is 0 Å². The lowest BCUT2D eigenvalue weighted by atomic mass is 10.2. The quantitative estimate of drug-likeness (QED) is 0.113. The van der Waals surface area contributed by atoms with E-state index in [0.29, 0.717) is 0 Å². The first-order valence-electron chi connectivity index (χ1n) is 10.2. The maximum absolute atomic E-state index is 10.7. The van der Waals surface area contributed by atoms with Crippen molar-refractivity contribution in [2.45, 2.75) is 0 Å². The molecule has 2 aromatic carbocycles. The van der Waals surface area contributed by atoms with Gasteiger partial charge in [-0.15, -0.1) is 0 Å². The van der Waals surface area contributed by atoms with Gasteiger partial charge in [0, 0.05) is 0 Å². The van der Waals surface area contributed by atoms with Gasteiger partial charge in [0.1, 0.15) is 11.5 Å². The molecule has 0 fully saturated rings. The minimum Gasteiger partial charge on any atom is -0.872 e. The Morgan fingerprint density at radius 1 is 0.600 bits per heavy atom. The fourth-order valence-electron chi connectivity index (χ4n) is 2.39. The molecule has 0 unspecified atom stereocenters. The van der Waals surface area contributed by atoms with Gasteiger partial charge in [0.05, 0.1) is 11.1 Å². The van der Waals surface area contributed by atoms with Crippen LogP contribution in [0.2, 0.25) is 0 Å². The van der Waals surface area contributed by atoms with E-state index in [0.717, 1.165) is 24.3 Å². The lowest BCUT2D eigenvalue weighted by Gasteiger charge is -2.09. The van der Waals surface area contributed by atoms with Gasteiger partial charge in [-0.25, -0.2) is 19.6 Å². The van der Waals surface area contributed by atoms with Crippen molar-refractivity contribution in [3.05, 3.63) is 47.5 Å². The summed E-state index contributed by atoms with van der Waals surface area (Å²) < 4.78 is 0. The smallest absolute Gasteiger partial charge is 0.338 e. The number of phenols is 2. The Balaban J connectivity index is 0.000000268. The topological polar surface area (TPSA) is 397 Å². The molecule has 0 saturated carbocycles. The fraction of sp³-hybridized carbons (Fsp3) is 0. The van der Waals surface area contributed by atoms with Crippen LogP contribution in [0.3, 0.4) is 0 Å². The molecule has 0 saturated heterocycles. The van der Waals surface area contributed by atoms with Gasteiger partial charge in [-0.2, -0.15) is 0 Å². The highest BCUT2D eigenvalue weighted by atomic mass is 16.4. The van der Waals surface area contributed by atoms with Crippen molar-refractivity contribution in [2.75, 3.05) is 34.4 Å². The average molecular weight is 560 g/mol. The zero-order chi connectivity index (χ0) is 30.6. The van der Waals surface area contributed by atoms with E-state index in [9.17, 15) is 19.8 Å². The highest BCUT2D eigenvalue weighted by molar-refractivity contribution is 5.94. The van der Waals surface area contributed by atoms with E-state index < -0.39 is 46.1 Å². The third-order valence-electron chi connectivity index (χ3n) is 3.89. The molecule has 0 atom stereocenters. The van der Waals surface area contributed by atoms with E-state index >= 15 is 0 Å². The Hall–Kier alpha value is -6.60. The molecule has 212 valence electrons. The third-order valence-corrected chi connectivity index (χ3v) is 3.89. The van der Waals surface area contributed by atoms with E-state index in [1.807, 2.05) is 0 Å². The number of anilines is 6. The largest absolute Gasteiger partial charge is 0.872 e. The summed E-state index contributed by atoms with van der Waals surface area (Å²) in [5.74, 6) is -4.36. The van der Waals surface area contributed by atoms with Gasteiger partial charge < -0.3 is 65.0 Å². The first-order chi connectivity index (χ1) is 18.6. The van der Waals surface area contributed by atoms with Crippen molar-refractivity contribution in [1.29, 1.82) is 0 Å². The van der Waals surface area contributed by atoms with Crippen molar-refractivity contribution in [1.82, 2.24) is 19.9 Å². The molecule has 20 heteroatoms. The molecular formula is C20H24N12O8. The SMILES string of the molecule is Nc1nc(N)[nH+]c(N)n1.Nc1nc(N)[nH+]c(N)n1.O=C(O)c1c([O-])cccc1O.O=C(O)c1c([O-])cccc1O. The number of carboxylic acids is 2. The maximum Gasteiger partial charge on any atom is 0.338 e. The molecule has 4 rings (SSSR count). The zero-order valence-electron chi connectivity index (χ0n) is 20.1. The molecule has 40 heavy (non-hydrogen) atoms. The van der Waals surface area contributed by atoms with Gasteiger partial charge >= 0.3 is 47.6 Å². The third kappa shape index (κ3) is 10.2. The number of aromatic nitrogens is 6. The van der Waals surface area contributed by atoms with Crippen molar-refractivity contribution in [2.24, 2.45) is 0 Å². The number of benzene rings is 2. The van der Waals surface area contributed by atoms with Gasteiger partial charge in [0.25, 0.3) is 0 Å². The van der Waals surface area contributed by atoms with E-state index in [2.05, 4.69) is 29.9 Å². The van der Waals surface area contributed by atoms with E-state index in [4.69, 9.17) is 54.8 Å². The molecule has 0 aliphatic rings. The normalized spacial score (nSPS) is 9.40. The fourth-order valence-corrected chi connectivity index (χ4v) is 2.39. The number of aromatic hydroxyl groups is 2. The number of aromatic carboxylic acids is 2. The molecule has 0 amide bonds. The van der Waals surface area contributed by atoms with Gasteiger partial charge in [-0.05, 0) is 12.1 Å². The Kier molecular flexibility index (Phi) is 11.2. The number of aromatic amines is 2. The highest BCUT2D eigenvalue weighted by Crippen LogP contribution is 2.24. The summed E-state index contributed by atoms with van der Waals surface area (Å²) in [5, 5.41) is 56.0. The van der Waals surface area contributed by atoms with Crippen LogP contribution < -0.4 is 54.6 Å². The van der Waals surface area contributed by atoms with Crippen LogP contribution in [0.4, 0.5) is 35.7 Å². The number of hydrogen-bond donors (Lipinski definition) is 10. The van der Waals surface area contributed by atoms with Gasteiger partial charge in [-0.1, -0.05) is 55.7 Å². The summed E-state index contributed by atoms with van der Waals surface area (Å²) in [4.78, 5) is 39.7. The Bertz CT molecular complexity index is 1240. The second-order valence-corrected chi connectivity index (χ2v) is 6.87. The number of carboxylic acid groups (broad SMARTS) is 2. The number of carbonyl (C=O) groups is 2. The second-order valence-electron chi connectivity index (χ2n) is 6.87. The Morgan fingerprint density at radius 3 is 1.05 bits per heavy atom. The van der Waals surface area contributed by atoms with Crippen LogP contribution in [0.15, 0.2) is 36.4 Å². The highest BCUT2D eigenvalue weighted by Gasteiger charge is 2.09. The van der Waals surface area contributed by atoms with Crippen LogP contribution in [0.25, 0.3) is 0 Å². The van der Waals surface area contributed by atoms with E-state index in [1.165, 1.54) is 12.1 Å². The minimum atomic E-state index is -1.41. The molecule has 0 radical (unpaired) electrons. The summed E-state index contributed by atoms with van der Waals surface area (Å²) in [6.45, 7) is 0. The van der Waals surface area contributed by atoms with Crippen LogP contribution in [-0.2, 0) is 0 Å². The summed E-state index contributed by atoms with van der Waals surface area (Å²) in [6, 6.07) is 7.08. The monoisotopic (exact) mass is 560 g/mol. The minimum absolute atomic E-state index is 0.0729. The Morgan fingerprint density at radius 2 is 0.875 bits per heavy atom. The van der Waals surface area contributed by atoms with Crippen molar-refractivity contribution >= 4 is 47.6 Å². The predicted molar refractivity (Wildman–Crippen MR) is 133 cm³/mol. The van der Waals surface area contributed by atoms with Gasteiger partial charge in [0.2, 0.25) is 0 Å². The van der Waals surface area contributed by atoms with E-state index in [1.54, 1.807) is 0 Å². The molecule has 0 bridgehead atoms. The predicted octanol–water partition coefficient (Wildman–Crippen LogP) is -3.60. The van der Waals surface area contributed by atoms with Crippen LogP contribution >= 0.6 is 0 Å². The molecule has 4 aromatic rings. The number of rotatable bonds is 2. The number of nitrogens with one attached hydrogen (secondary N) is 2. The first kappa shape index (κ1) is 31.4. The lowest BCUT2D eigenvalue weighted by molar-refractivity contribution is -0.351. The molecule has 2 heterocycles. The second kappa shape index (κ2) is 14.2. The molecule has 2 aromatic heterocycles. The first-order valence-corrected chi connectivity index (χ1v) is 10.2.